The highest BCUT2D eigenvalue weighted by atomic mass is 79.9. The number of thiophene rings is 1. The quantitative estimate of drug-likeness (QED) is 0.766. The molecule has 0 atom stereocenters. The van der Waals surface area contributed by atoms with Crippen molar-refractivity contribution < 1.29 is 17.6 Å². The molecule has 2 aromatic rings. The number of carbonyl (C=O) groups excluding carboxylic acids is 1. The molecule has 1 aromatic carbocycles. The van der Waals surface area contributed by atoms with Crippen LogP contribution in [0.3, 0.4) is 0 Å². The van der Waals surface area contributed by atoms with E-state index in [1.807, 2.05) is 0 Å². The van der Waals surface area contributed by atoms with Crippen molar-refractivity contribution >= 4 is 54.8 Å². The van der Waals surface area contributed by atoms with E-state index in [1.54, 1.807) is 19.1 Å². The van der Waals surface area contributed by atoms with E-state index < -0.39 is 21.9 Å². The van der Waals surface area contributed by atoms with Crippen LogP contribution in [0.1, 0.15) is 10.4 Å². The normalized spacial score (nSPS) is 16.1. The van der Waals surface area contributed by atoms with Gasteiger partial charge >= 0.3 is 10.2 Å². The summed E-state index contributed by atoms with van der Waals surface area (Å²) >= 11 is 4.62. The number of nitrogens with zero attached hydrogens (tertiary/aromatic N) is 2. The van der Waals surface area contributed by atoms with Crippen molar-refractivity contribution in [3.05, 3.63) is 62.1 Å². The summed E-state index contributed by atoms with van der Waals surface area (Å²) < 4.78 is 43.3. The van der Waals surface area contributed by atoms with E-state index in [0.717, 1.165) is 8.09 Å². The van der Waals surface area contributed by atoms with Crippen LogP contribution in [0, 0.1) is 12.7 Å². The van der Waals surface area contributed by atoms with Gasteiger partial charge in [0.15, 0.2) is 0 Å². The van der Waals surface area contributed by atoms with Crippen molar-refractivity contribution in [2.24, 2.45) is 4.40 Å². The van der Waals surface area contributed by atoms with E-state index in [-0.39, 0.29) is 11.4 Å². The van der Waals surface area contributed by atoms with Crippen LogP contribution in [0.5, 0.6) is 0 Å². The van der Waals surface area contributed by atoms with E-state index in [1.165, 1.54) is 42.7 Å². The third-order valence-electron chi connectivity index (χ3n) is 3.65. The SMILES string of the molecule is Cc1cc(NC(=O)C2=CC(c3ccc(Br)s3)=NS(=O)(=O)N2C)ccc1F. The average Bonchev–Trinajstić information content (AvgIpc) is 2.99. The molecule has 0 saturated heterocycles. The molecule has 0 bridgehead atoms. The summed E-state index contributed by atoms with van der Waals surface area (Å²) in [6, 6.07) is 7.59. The van der Waals surface area contributed by atoms with Crippen LogP contribution in [0.4, 0.5) is 10.1 Å². The lowest BCUT2D eigenvalue weighted by Crippen LogP contribution is -2.35. The van der Waals surface area contributed by atoms with Crippen molar-refractivity contribution in [1.29, 1.82) is 0 Å². The average molecular weight is 458 g/mol. The number of nitrogens with one attached hydrogen (secondary N) is 1. The highest BCUT2D eigenvalue weighted by molar-refractivity contribution is 9.11. The first-order chi connectivity index (χ1) is 12.2. The Morgan fingerprint density at radius 3 is 2.65 bits per heavy atom. The number of benzene rings is 1. The predicted molar refractivity (Wildman–Crippen MR) is 103 cm³/mol. The van der Waals surface area contributed by atoms with Crippen LogP contribution in [0.2, 0.25) is 0 Å². The summed E-state index contributed by atoms with van der Waals surface area (Å²) in [7, 11) is -2.78. The molecule has 1 aromatic heterocycles. The molecule has 1 aliphatic rings. The van der Waals surface area contributed by atoms with Crippen molar-refractivity contribution in [3.8, 4) is 0 Å². The molecule has 0 saturated carbocycles. The Kier molecular flexibility index (Phi) is 5.00. The summed E-state index contributed by atoms with van der Waals surface area (Å²) in [4.78, 5) is 13.2. The molecular formula is C16H13BrFN3O3S2. The fourth-order valence-electron chi connectivity index (χ4n) is 2.25. The predicted octanol–water partition coefficient (Wildman–Crippen LogP) is 3.46. The number of allylic oxidation sites excluding steroid dienone is 1. The van der Waals surface area contributed by atoms with Gasteiger partial charge in [0.2, 0.25) is 0 Å². The maximum absolute atomic E-state index is 13.4. The summed E-state index contributed by atoms with van der Waals surface area (Å²) in [5.74, 6) is -1.03. The highest BCUT2D eigenvalue weighted by Crippen LogP contribution is 2.27. The Labute approximate surface area is 162 Å². The first-order valence-corrected chi connectivity index (χ1v) is 10.3. The van der Waals surface area contributed by atoms with Gasteiger partial charge < -0.3 is 5.32 Å². The van der Waals surface area contributed by atoms with Crippen molar-refractivity contribution in [3.63, 3.8) is 0 Å². The number of amides is 1. The third-order valence-corrected chi connectivity index (χ3v) is 6.61. The fraction of sp³-hybridized carbons (Fsp3) is 0.125. The summed E-state index contributed by atoms with van der Waals surface area (Å²) in [6.07, 6.45) is 1.41. The van der Waals surface area contributed by atoms with Crippen LogP contribution in [-0.4, -0.2) is 31.4 Å². The van der Waals surface area contributed by atoms with Gasteiger partial charge in [-0.25, -0.2) is 8.70 Å². The van der Waals surface area contributed by atoms with Gasteiger partial charge in [0, 0.05) is 12.7 Å². The number of carbonyl (C=O) groups is 1. The Hall–Kier alpha value is -2.04. The second-order valence-electron chi connectivity index (χ2n) is 5.47. The molecule has 1 amide bonds. The van der Waals surface area contributed by atoms with E-state index in [2.05, 4.69) is 25.6 Å². The topological polar surface area (TPSA) is 78.8 Å². The number of hydrogen-bond donors (Lipinski definition) is 1. The standard InChI is InChI=1S/C16H13BrFN3O3S2/c1-9-7-10(3-4-11(9)18)19-16(22)13-8-12(14-5-6-15(17)25-14)20-26(23,24)21(13)2/h3-8H,1-2H3,(H,19,22). The second kappa shape index (κ2) is 6.93. The minimum Gasteiger partial charge on any atom is -0.321 e. The molecule has 0 radical (unpaired) electrons. The summed E-state index contributed by atoms with van der Waals surface area (Å²) in [5.41, 5.74) is 0.830. The van der Waals surface area contributed by atoms with Gasteiger partial charge in [0.25, 0.3) is 5.91 Å². The second-order valence-corrected chi connectivity index (χ2v) is 9.56. The number of rotatable bonds is 3. The van der Waals surface area contributed by atoms with Crippen LogP contribution in [-0.2, 0) is 15.0 Å². The zero-order valence-electron chi connectivity index (χ0n) is 13.7. The third kappa shape index (κ3) is 3.71. The first kappa shape index (κ1) is 18.7. The number of aryl methyl sites for hydroxylation is 1. The number of halogens is 2. The van der Waals surface area contributed by atoms with E-state index >= 15 is 0 Å². The molecule has 26 heavy (non-hydrogen) atoms. The molecule has 6 nitrogen and oxygen atoms in total. The van der Waals surface area contributed by atoms with Gasteiger partial charge in [-0.05, 0) is 64.8 Å². The van der Waals surface area contributed by atoms with Gasteiger partial charge in [-0.3, -0.25) is 4.79 Å². The lowest BCUT2D eigenvalue weighted by Gasteiger charge is -2.23. The lowest BCUT2D eigenvalue weighted by molar-refractivity contribution is -0.113. The van der Waals surface area contributed by atoms with Crippen LogP contribution >= 0.6 is 27.3 Å². The number of anilines is 1. The molecule has 136 valence electrons. The van der Waals surface area contributed by atoms with Crippen LogP contribution < -0.4 is 5.32 Å². The van der Waals surface area contributed by atoms with Crippen molar-refractivity contribution in [2.75, 3.05) is 12.4 Å². The minimum absolute atomic E-state index is 0.0819. The molecule has 10 heteroatoms. The zero-order valence-corrected chi connectivity index (χ0v) is 16.9. The Morgan fingerprint density at radius 1 is 1.31 bits per heavy atom. The van der Waals surface area contributed by atoms with Gasteiger partial charge in [0.1, 0.15) is 11.5 Å². The van der Waals surface area contributed by atoms with E-state index in [0.29, 0.717) is 16.1 Å². The smallest absolute Gasteiger partial charge is 0.321 e. The molecule has 0 fully saturated rings. The van der Waals surface area contributed by atoms with Gasteiger partial charge in [-0.2, -0.15) is 8.42 Å². The number of hydrogen-bond acceptors (Lipinski definition) is 4. The largest absolute Gasteiger partial charge is 0.345 e. The zero-order chi connectivity index (χ0) is 19.1. The molecular weight excluding hydrogens is 445 g/mol. The summed E-state index contributed by atoms with van der Waals surface area (Å²) in [6.45, 7) is 1.57. The Bertz CT molecular complexity index is 1060. The lowest BCUT2D eigenvalue weighted by atomic mass is 10.2. The molecule has 1 N–H and O–H groups in total. The van der Waals surface area contributed by atoms with E-state index in [4.69, 9.17) is 0 Å². The first-order valence-electron chi connectivity index (χ1n) is 7.31. The Balaban J connectivity index is 1.95. The van der Waals surface area contributed by atoms with Crippen molar-refractivity contribution in [2.45, 2.75) is 6.92 Å². The van der Waals surface area contributed by atoms with E-state index in [9.17, 15) is 17.6 Å². The maximum Gasteiger partial charge on any atom is 0.345 e. The monoisotopic (exact) mass is 457 g/mol. The molecule has 0 unspecified atom stereocenters. The summed E-state index contributed by atoms with van der Waals surface area (Å²) in [5, 5.41) is 2.58. The molecule has 3 rings (SSSR count). The van der Waals surface area contributed by atoms with Gasteiger partial charge in [-0.15, -0.1) is 15.7 Å². The highest BCUT2D eigenvalue weighted by Gasteiger charge is 2.30. The Morgan fingerprint density at radius 2 is 2.04 bits per heavy atom. The minimum atomic E-state index is -4.03. The van der Waals surface area contributed by atoms with Gasteiger partial charge in [-0.1, -0.05) is 0 Å². The number of likely N-dealkylation sites (N-methyl/N-ethyl adjacent to an activating group) is 1. The molecule has 1 aliphatic heterocycles. The van der Waals surface area contributed by atoms with Crippen molar-refractivity contribution in [1.82, 2.24) is 4.31 Å². The molecule has 0 spiro atoms. The van der Waals surface area contributed by atoms with Crippen LogP contribution in [0.25, 0.3) is 0 Å². The molecule has 2 heterocycles. The fourth-order valence-corrected chi connectivity index (χ4v) is 4.56. The van der Waals surface area contributed by atoms with Gasteiger partial charge in [0.05, 0.1) is 14.4 Å². The molecule has 0 aliphatic carbocycles. The maximum atomic E-state index is 13.4. The van der Waals surface area contributed by atoms with Crippen LogP contribution in [0.15, 0.2) is 50.3 Å².